The van der Waals surface area contributed by atoms with Crippen molar-refractivity contribution in [3.8, 4) is 17.0 Å². The summed E-state index contributed by atoms with van der Waals surface area (Å²) in [5, 5.41) is 14.6. The highest BCUT2D eigenvalue weighted by molar-refractivity contribution is 5.74. The molecule has 0 unspecified atom stereocenters. The lowest BCUT2D eigenvalue weighted by Gasteiger charge is -2.33. The number of phenols is 1. The molecule has 4 rings (SSSR count). The van der Waals surface area contributed by atoms with Gasteiger partial charge in [0.1, 0.15) is 5.75 Å². The van der Waals surface area contributed by atoms with E-state index in [1.807, 2.05) is 4.90 Å². The van der Waals surface area contributed by atoms with E-state index in [1.54, 1.807) is 17.2 Å². The standard InChI is InChI=1S/C19H19F3N6O2/c1-11-9-13(19(20,21)22)10-15(30)16(11)14-3-4-28-17(23-14)24-18(25-28)27-7-5-26(6-8-27)12(2)29/h3-4,9-10,30H,5-8H2,1-2H3. The third kappa shape index (κ3) is 3.62. The molecule has 158 valence electrons. The van der Waals surface area contributed by atoms with E-state index >= 15 is 0 Å². The van der Waals surface area contributed by atoms with Crippen LogP contribution in [0.4, 0.5) is 19.1 Å². The van der Waals surface area contributed by atoms with E-state index in [1.165, 1.54) is 18.4 Å². The van der Waals surface area contributed by atoms with E-state index in [2.05, 4.69) is 15.1 Å². The third-order valence-corrected chi connectivity index (χ3v) is 5.10. The van der Waals surface area contributed by atoms with Crippen molar-refractivity contribution in [3.63, 3.8) is 0 Å². The maximum Gasteiger partial charge on any atom is 0.416 e. The van der Waals surface area contributed by atoms with Crippen LogP contribution in [0.25, 0.3) is 17.0 Å². The molecule has 0 aliphatic carbocycles. The lowest BCUT2D eigenvalue weighted by Crippen LogP contribution is -2.48. The molecule has 2 aromatic heterocycles. The molecule has 0 atom stereocenters. The molecule has 1 aliphatic heterocycles. The number of aryl methyl sites for hydroxylation is 1. The van der Waals surface area contributed by atoms with Crippen LogP contribution in [-0.4, -0.2) is 61.7 Å². The van der Waals surface area contributed by atoms with Crippen LogP contribution in [0.5, 0.6) is 5.75 Å². The highest BCUT2D eigenvalue weighted by Crippen LogP contribution is 2.38. The fourth-order valence-corrected chi connectivity index (χ4v) is 3.53. The summed E-state index contributed by atoms with van der Waals surface area (Å²) < 4.78 is 40.4. The number of piperazine rings is 1. The van der Waals surface area contributed by atoms with E-state index in [-0.39, 0.29) is 22.8 Å². The summed E-state index contributed by atoms with van der Waals surface area (Å²) >= 11 is 0. The molecule has 30 heavy (non-hydrogen) atoms. The average molecular weight is 420 g/mol. The van der Waals surface area contributed by atoms with Crippen LogP contribution in [0.1, 0.15) is 18.1 Å². The maximum absolute atomic E-state index is 13.0. The van der Waals surface area contributed by atoms with Crippen LogP contribution >= 0.6 is 0 Å². The lowest BCUT2D eigenvalue weighted by atomic mass is 10.0. The fraction of sp³-hybridized carbons (Fsp3) is 0.368. The Kier molecular flexibility index (Phi) is 4.75. The number of fused-ring (bicyclic) bond motifs is 1. The zero-order valence-corrected chi connectivity index (χ0v) is 16.3. The minimum absolute atomic E-state index is 0.0237. The van der Waals surface area contributed by atoms with Crippen LogP contribution in [-0.2, 0) is 11.0 Å². The first kappa shape index (κ1) is 19.9. The summed E-state index contributed by atoms with van der Waals surface area (Å²) in [5.74, 6) is 0.237. The highest BCUT2D eigenvalue weighted by atomic mass is 19.4. The van der Waals surface area contributed by atoms with Gasteiger partial charge in [0, 0.05) is 44.9 Å². The first-order chi connectivity index (χ1) is 14.1. The van der Waals surface area contributed by atoms with Crippen LogP contribution < -0.4 is 4.90 Å². The molecule has 1 fully saturated rings. The molecular weight excluding hydrogens is 401 g/mol. The molecule has 1 amide bonds. The fourth-order valence-electron chi connectivity index (χ4n) is 3.53. The van der Waals surface area contributed by atoms with Gasteiger partial charge in [0.25, 0.3) is 5.78 Å². The number of aromatic nitrogens is 4. The molecule has 3 heterocycles. The van der Waals surface area contributed by atoms with Gasteiger partial charge in [-0.25, -0.2) is 9.50 Å². The van der Waals surface area contributed by atoms with E-state index in [4.69, 9.17) is 0 Å². The number of carbonyl (C=O) groups is 1. The van der Waals surface area contributed by atoms with E-state index in [9.17, 15) is 23.1 Å². The minimum atomic E-state index is -4.55. The van der Waals surface area contributed by atoms with Crippen LogP contribution in [0.15, 0.2) is 24.4 Å². The van der Waals surface area contributed by atoms with Crippen molar-refractivity contribution in [2.75, 3.05) is 31.1 Å². The Balaban J connectivity index is 1.65. The molecule has 1 aliphatic rings. The van der Waals surface area contributed by atoms with Gasteiger partial charge in [-0.2, -0.15) is 18.2 Å². The summed E-state index contributed by atoms with van der Waals surface area (Å²) in [6.07, 6.45) is -2.96. The van der Waals surface area contributed by atoms with Crippen molar-refractivity contribution in [2.45, 2.75) is 20.0 Å². The van der Waals surface area contributed by atoms with E-state index < -0.39 is 17.5 Å². The Labute approximate surface area is 169 Å². The number of hydrogen-bond donors (Lipinski definition) is 1. The lowest BCUT2D eigenvalue weighted by molar-refractivity contribution is -0.137. The Morgan fingerprint density at radius 2 is 1.83 bits per heavy atom. The van der Waals surface area contributed by atoms with Crippen molar-refractivity contribution < 1.29 is 23.1 Å². The monoisotopic (exact) mass is 420 g/mol. The molecule has 0 spiro atoms. The molecule has 11 heteroatoms. The molecule has 0 bridgehead atoms. The number of benzene rings is 1. The molecule has 1 N–H and O–H groups in total. The highest BCUT2D eigenvalue weighted by Gasteiger charge is 2.32. The van der Waals surface area contributed by atoms with Gasteiger partial charge in [-0.1, -0.05) is 0 Å². The second-order valence-corrected chi connectivity index (χ2v) is 7.15. The Morgan fingerprint density at radius 3 is 2.43 bits per heavy atom. The number of aromatic hydroxyl groups is 1. The second-order valence-electron chi connectivity index (χ2n) is 7.15. The van der Waals surface area contributed by atoms with Gasteiger partial charge < -0.3 is 14.9 Å². The van der Waals surface area contributed by atoms with Crippen LogP contribution in [0.3, 0.4) is 0 Å². The molecule has 1 saturated heterocycles. The van der Waals surface area contributed by atoms with Crippen LogP contribution in [0.2, 0.25) is 0 Å². The first-order valence-corrected chi connectivity index (χ1v) is 9.28. The Bertz CT molecular complexity index is 1100. The van der Waals surface area contributed by atoms with Crippen molar-refractivity contribution in [2.24, 2.45) is 0 Å². The summed E-state index contributed by atoms with van der Waals surface area (Å²) in [4.78, 5) is 23.9. The number of amides is 1. The van der Waals surface area contributed by atoms with Gasteiger partial charge in [0.05, 0.1) is 11.3 Å². The number of hydrogen-bond acceptors (Lipinski definition) is 6. The summed E-state index contributed by atoms with van der Waals surface area (Å²) in [6.45, 7) is 5.33. The summed E-state index contributed by atoms with van der Waals surface area (Å²) in [5.41, 5.74) is -0.159. The first-order valence-electron chi connectivity index (χ1n) is 9.28. The zero-order chi connectivity index (χ0) is 21.6. The smallest absolute Gasteiger partial charge is 0.416 e. The van der Waals surface area contributed by atoms with Crippen LogP contribution in [0, 0.1) is 6.92 Å². The van der Waals surface area contributed by atoms with E-state index in [0.717, 1.165) is 6.07 Å². The van der Waals surface area contributed by atoms with Crippen molar-refractivity contribution >= 4 is 17.6 Å². The topological polar surface area (TPSA) is 86.9 Å². The van der Waals surface area contributed by atoms with Gasteiger partial charge in [-0.05, 0) is 30.7 Å². The molecule has 1 aromatic carbocycles. The number of halogens is 3. The second kappa shape index (κ2) is 7.15. The number of carbonyl (C=O) groups excluding carboxylic acids is 1. The normalized spacial score (nSPS) is 15.1. The van der Waals surface area contributed by atoms with Gasteiger partial charge in [-0.15, -0.1) is 5.10 Å². The van der Waals surface area contributed by atoms with Gasteiger partial charge in [0.15, 0.2) is 0 Å². The quantitative estimate of drug-likeness (QED) is 0.686. The number of anilines is 1. The number of alkyl halides is 3. The predicted octanol–water partition coefficient (Wildman–Crippen LogP) is 2.49. The predicted molar refractivity (Wildman–Crippen MR) is 102 cm³/mol. The Hall–Kier alpha value is -3.37. The average Bonchev–Trinajstić information content (AvgIpc) is 3.10. The summed E-state index contributed by atoms with van der Waals surface area (Å²) in [6, 6.07) is 3.23. The van der Waals surface area contributed by atoms with Crippen molar-refractivity contribution in [3.05, 3.63) is 35.5 Å². The zero-order valence-electron chi connectivity index (χ0n) is 16.3. The summed E-state index contributed by atoms with van der Waals surface area (Å²) in [7, 11) is 0. The van der Waals surface area contributed by atoms with Gasteiger partial charge in [0.2, 0.25) is 11.9 Å². The van der Waals surface area contributed by atoms with Crippen molar-refractivity contribution in [1.29, 1.82) is 0 Å². The molecule has 0 radical (unpaired) electrons. The van der Waals surface area contributed by atoms with Gasteiger partial charge in [-0.3, -0.25) is 4.79 Å². The number of phenolic OH excluding ortho intramolecular Hbond substituents is 1. The largest absolute Gasteiger partial charge is 0.507 e. The maximum atomic E-state index is 13.0. The SMILES string of the molecule is CC(=O)N1CCN(c2nc3nc(-c4c(C)cc(C(F)(F)F)cc4O)ccn3n2)CC1. The molecule has 8 nitrogen and oxygen atoms in total. The van der Waals surface area contributed by atoms with Gasteiger partial charge >= 0.3 is 6.18 Å². The number of rotatable bonds is 2. The molecule has 3 aromatic rings. The molecular formula is C19H19F3N6O2. The minimum Gasteiger partial charge on any atom is -0.507 e. The third-order valence-electron chi connectivity index (χ3n) is 5.10. The number of nitrogens with zero attached hydrogens (tertiary/aromatic N) is 6. The van der Waals surface area contributed by atoms with Crippen molar-refractivity contribution in [1.82, 2.24) is 24.5 Å². The van der Waals surface area contributed by atoms with E-state index in [0.29, 0.717) is 43.9 Å². The molecule has 0 saturated carbocycles. The Morgan fingerprint density at radius 1 is 1.13 bits per heavy atom.